The van der Waals surface area contributed by atoms with Crippen molar-refractivity contribution in [2.24, 2.45) is 5.84 Å². The van der Waals surface area contributed by atoms with E-state index in [0.29, 0.717) is 5.56 Å². The van der Waals surface area contributed by atoms with E-state index in [2.05, 4.69) is 10.4 Å². The van der Waals surface area contributed by atoms with Gasteiger partial charge in [-0.3, -0.25) is 16.3 Å². The zero-order valence-electron chi connectivity index (χ0n) is 11.4. The number of hydrazine groups is 1. The highest BCUT2D eigenvalue weighted by Crippen LogP contribution is 2.37. The highest BCUT2D eigenvalue weighted by Gasteiger charge is 2.33. The first kappa shape index (κ1) is 14.6. The summed E-state index contributed by atoms with van der Waals surface area (Å²) in [4.78, 5) is 3.73. The molecule has 0 aliphatic rings. The first-order valence-electron chi connectivity index (χ1n) is 6.28. The van der Waals surface area contributed by atoms with Gasteiger partial charge < -0.3 is 0 Å². The number of nitrogens with zero attached hydrogens (tertiary/aromatic N) is 1. The summed E-state index contributed by atoms with van der Waals surface area (Å²) < 4.78 is 27.0. The minimum Gasteiger partial charge on any atom is -0.271 e. The molecule has 1 aromatic heterocycles. The lowest BCUT2D eigenvalue weighted by Crippen LogP contribution is -2.41. The fourth-order valence-electron chi connectivity index (χ4n) is 2.35. The van der Waals surface area contributed by atoms with Crippen molar-refractivity contribution >= 4 is 0 Å². The Balaban J connectivity index is 2.44. The molecular formula is C15H17F2N3. The molecule has 2 rings (SSSR count). The normalized spacial score (nSPS) is 13.2. The average Bonchev–Trinajstić information content (AvgIpc) is 2.42. The number of aromatic nitrogens is 1. The van der Waals surface area contributed by atoms with E-state index in [1.165, 1.54) is 18.3 Å². The van der Waals surface area contributed by atoms with Crippen LogP contribution in [0.2, 0.25) is 0 Å². The van der Waals surface area contributed by atoms with Gasteiger partial charge in [-0.2, -0.15) is 0 Å². The van der Waals surface area contributed by atoms with E-state index < -0.39 is 17.3 Å². The van der Waals surface area contributed by atoms with Crippen molar-refractivity contribution < 1.29 is 8.78 Å². The van der Waals surface area contributed by atoms with Gasteiger partial charge in [-0.25, -0.2) is 8.78 Å². The summed E-state index contributed by atoms with van der Waals surface area (Å²) in [7, 11) is 0. The monoisotopic (exact) mass is 277 g/mol. The summed E-state index contributed by atoms with van der Waals surface area (Å²) in [5.41, 5.74) is 3.41. The number of halogens is 2. The maximum Gasteiger partial charge on any atom is 0.146 e. The number of nitrogens with one attached hydrogen (secondary N) is 1. The smallest absolute Gasteiger partial charge is 0.146 e. The molecule has 20 heavy (non-hydrogen) atoms. The van der Waals surface area contributed by atoms with E-state index in [9.17, 15) is 8.78 Å². The summed E-state index contributed by atoms with van der Waals surface area (Å²) in [6.07, 6.45) is 2.67. The van der Waals surface area contributed by atoms with Crippen LogP contribution in [0.25, 0.3) is 0 Å². The number of benzene rings is 1. The van der Waals surface area contributed by atoms with Gasteiger partial charge in [0.05, 0.1) is 12.2 Å². The number of rotatable bonds is 4. The molecule has 0 aliphatic carbocycles. The standard InChI is InChI=1S/C15H17F2N3/c1-15(2,10-3-5-11(16)6-4-10)14(20-18)12-7-8-19-9-13(12)17/h3-9,14,20H,18H2,1-2H3. The minimum atomic E-state index is -0.523. The number of hydrogen-bond acceptors (Lipinski definition) is 3. The largest absolute Gasteiger partial charge is 0.271 e. The van der Waals surface area contributed by atoms with E-state index in [-0.39, 0.29) is 5.82 Å². The lowest BCUT2D eigenvalue weighted by molar-refractivity contribution is 0.342. The third-order valence-electron chi connectivity index (χ3n) is 3.59. The highest BCUT2D eigenvalue weighted by molar-refractivity contribution is 5.31. The van der Waals surface area contributed by atoms with Gasteiger partial charge in [-0.1, -0.05) is 26.0 Å². The van der Waals surface area contributed by atoms with Crippen molar-refractivity contribution in [1.82, 2.24) is 10.4 Å². The molecule has 0 saturated heterocycles. The predicted molar refractivity (Wildman–Crippen MR) is 73.7 cm³/mol. The van der Waals surface area contributed by atoms with Gasteiger partial charge in [0.1, 0.15) is 11.6 Å². The van der Waals surface area contributed by atoms with E-state index >= 15 is 0 Å². The molecule has 0 saturated carbocycles. The van der Waals surface area contributed by atoms with E-state index in [1.807, 2.05) is 13.8 Å². The van der Waals surface area contributed by atoms with E-state index in [4.69, 9.17) is 5.84 Å². The maximum absolute atomic E-state index is 13.9. The van der Waals surface area contributed by atoms with Gasteiger partial charge in [-0.05, 0) is 23.8 Å². The zero-order valence-corrected chi connectivity index (χ0v) is 11.4. The summed E-state index contributed by atoms with van der Waals surface area (Å²) >= 11 is 0. The lowest BCUT2D eigenvalue weighted by Gasteiger charge is -2.35. The Kier molecular flexibility index (Phi) is 4.11. The molecule has 1 unspecified atom stereocenters. The molecule has 106 valence electrons. The van der Waals surface area contributed by atoms with Crippen molar-refractivity contribution in [3.05, 3.63) is 65.5 Å². The van der Waals surface area contributed by atoms with Crippen molar-refractivity contribution in [2.45, 2.75) is 25.3 Å². The fraction of sp³-hybridized carbons (Fsp3) is 0.267. The second-order valence-corrected chi connectivity index (χ2v) is 5.23. The van der Waals surface area contributed by atoms with Crippen LogP contribution in [-0.4, -0.2) is 4.98 Å². The molecule has 3 N–H and O–H groups in total. The van der Waals surface area contributed by atoms with Crippen LogP contribution in [0, 0.1) is 11.6 Å². The molecule has 0 bridgehead atoms. The SMILES string of the molecule is CC(C)(c1ccc(F)cc1)C(NN)c1ccncc1F. The molecule has 0 amide bonds. The van der Waals surface area contributed by atoms with Crippen LogP contribution in [0.15, 0.2) is 42.7 Å². The van der Waals surface area contributed by atoms with Crippen LogP contribution >= 0.6 is 0 Å². The van der Waals surface area contributed by atoms with Gasteiger partial charge in [0, 0.05) is 17.2 Å². The fourth-order valence-corrected chi connectivity index (χ4v) is 2.35. The van der Waals surface area contributed by atoms with Crippen LogP contribution < -0.4 is 11.3 Å². The molecule has 3 nitrogen and oxygen atoms in total. The molecule has 1 atom stereocenters. The van der Waals surface area contributed by atoms with Crippen molar-refractivity contribution in [3.8, 4) is 0 Å². The minimum absolute atomic E-state index is 0.308. The second-order valence-electron chi connectivity index (χ2n) is 5.23. The summed E-state index contributed by atoms with van der Waals surface area (Å²) in [6.45, 7) is 3.84. The number of nitrogens with two attached hydrogens (primary N) is 1. The van der Waals surface area contributed by atoms with Gasteiger partial charge >= 0.3 is 0 Å². The van der Waals surface area contributed by atoms with E-state index in [0.717, 1.165) is 11.8 Å². The van der Waals surface area contributed by atoms with Crippen LogP contribution in [0.5, 0.6) is 0 Å². The highest BCUT2D eigenvalue weighted by atomic mass is 19.1. The Morgan fingerprint density at radius 3 is 2.35 bits per heavy atom. The molecule has 0 spiro atoms. The Morgan fingerprint density at radius 1 is 1.15 bits per heavy atom. The van der Waals surface area contributed by atoms with Gasteiger partial charge in [0.25, 0.3) is 0 Å². The predicted octanol–water partition coefficient (Wildman–Crippen LogP) is 2.84. The Hall–Kier alpha value is -1.85. The second kappa shape index (κ2) is 5.64. The summed E-state index contributed by atoms with van der Waals surface area (Å²) in [6, 6.07) is 7.25. The Morgan fingerprint density at radius 2 is 1.80 bits per heavy atom. The molecule has 0 aliphatic heterocycles. The lowest BCUT2D eigenvalue weighted by atomic mass is 9.75. The summed E-state index contributed by atoms with van der Waals surface area (Å²) in [5, 5.41) is 0. The zero-order chi connectivity index (χ0) is 14.8. The first-order valence-corrected chi connectivity index (χ1v) is 6.28. The Labute approximate surface area is 116 Å². The number of pyridine rings is 1. The van der Waals surface area contributed by atoms with Gasteiger partial charge in [0.2, 0.25) is 0 Å². The molecule has 0 radical (unpaired) electrons. The third-order valence-corrected chi connectivity index (χ3v) is 3.59. The maximum atomic E-state index is 13.9. The van der Waals surface area contributed by atoms with Crippen LogP contribution in [0.1, 0.15) is 31.0 Å². The topological polar surface area (TPSA) is 50.9 Å². The molecular weight excluding hydrogens is 260 g/mol. The van der Waals surface area contributed by atoms with Gasteiger partial charge in [0.15, 0.2) is 0 Å². The van der Waals surface area contributed by atoms with Crippen LogP contribution in [-0.2, 0) is 5.41 Å². The quantitative estimate of drug-likeness (QED) is 0.667. The first-order chi connectivity index (χ1) is 9.46. The van der Waals surface area contributed by atoms with Crippen LogP contribution in [0.3, 0.4) is 0 Å². The number of hydrogen-bond donors (Lipinski definition) is 2. The Bertz CT molecular complexity index is 582. The molecule has 1 aromatic carbocycles. The molecule has 0 fully saturated rings. The van der Waals surface area contributed by atoms with Crippen LogP contribution in [0.4, 0.5) is 8.78 Å². The van der Waals surface area contributed by atoms with Crippen molar-refractivity contribution in [1.29, 1.82) is 0 Å². The van der Waals surface area contributed by atoms with Gasteiger partial charge in [-0.15, -0.1) is 0 Å². The average molecular weight is 277 g/mol. The van der Waals surface area contributed by atoms with Crippen molar-refractivity contribution in [2.75, 3.05) is 0 Å². The van der Waals surface area contributed by atoms with Crippen molar-refractivity contribution in [3.63, 3.8) is 0 Å². The molecule has 1 heterocycles. The van der Waals surface area contributed by atoms with E-state index in [1.54, 1.807) is 18.2 Å². The molecule has 2 aromatic rings. The third kappa shape index (κ3) is 2.69. The summed E-state index contributed by atoms with van der Waals surface area (Å²) in [5.74, 6) is 4.88. The molecule has 5 heteroatoms.